The normalized spacial score (nSPS) is 25.9. The highest BCUT2D eigenvalue weighted by atomic mass is 16.5. The molecule has 2 N–H and O–H groups in total. The number of nitrogen functional groups attached to an aromatic ring is 1. The zero-order valence-corrected chi connectivity index (χ0v) is 12.4. The van der Waals surface area contributed by atoms with Crippen LogP contribution in [0, 0.1) is 5.92 Å². The SMILES string of the molecule is COC1(c2noc(-c3ccnc(N)c3)n2)CCC(C)CC1. The highest BCUT2D eigenvalue weighted by Crippen LogP contribution is 2.41. The van der Waals surface area contributed by atoms with Gasteiger partial charge in [0.05, 0.1) is 0 Å². The maximum Gasteiger partial charge on any atom is 0.258 e. The van der Waals surface area contributed by atoms with Gasteiger partial charge in [-0.2, -0.15) is 4.98 Å². The minimum atomic E-state index is -0.424. The molecule has 0 amide bonds. The van der Waals surface area contributed by atoms with Crippen molar-refractivity contribution in [3.8, 4) is 11.5 Å². The minimum Gasteiger partial charge on any atom is -0.384 e. The Balaban J connectivity index is 1.90. The largest absolute Gasteiger partial charge is 0.384 e. The van der Waals surface area contributed by atoms with Gasteiger partial charge in [0.1, 0.15) is 11.4 Å². The van der Waals surface area contributed by atoms with Crippen LogP contribution in [0.15, 0.2) is 22.9 Å². The van der Waals surface area contributed by atoms with Crippen molar-refractivity contribution in [3.05, 3.63) is 24.2 Å². The van der Waals surface area contributed by atoms with Crippen LogP contribution in [0.3, 0.4) is 0 Å². The van der Waals surface area contributed by atoms with Gasteiger partial charge in [0.2, 0.25) is 5.82 Å². The second kappa shape index (κ2) is 5.44. The summed E-state index contributed by atoms with van der Waals surface area (Å²) in [5, 5.41) is 4.14. The van der Waals surface area contributed by atoms with Gasteiger partial charge in [-0.1, -0.05) is 12.1 Å². The zero-order chi connectivity index (χ0) is 14.9. The Morgan fingerprint density at radius 1 is 1.38 bits per heavy atom. The molecule has 112 valence electrons. The summed E-state index contributed by atoms with van der Waals surface area (Å²) in [5.41, 5.74) is 6.04. The van der Waals surface area contributed by atoms with Crippen molar-refractivity contribution in [1.29, 1.82) is 0 Å². The number of hydrogen-bond acceptors (Lipinski definition) is 6. The van der Waals surface area contributed by atoms with Gasteiger partial charge in [0.15, 0.2) is 0 Å². The van der Waals surface area contributed by atoms with E-state index in [2.05, 4.69) is 22.0 Å². The molecule has 2 aromatic rings. The average Bonchev–Trinajstić information content (AvgIpc) is 2.99. The molecule has 1 fully saturated rings. The van der Waals surface area contributed by atoms with Gasteiger partial charge in [0, 0.05) is 18.9 Å². The van der Waals surface area contributed by atoms with E-state index in [9.17, 15) is 0 Å². The Kier molecular flexibility index (Phi) is 3.63. The highest BCUT2D eigenvalue weighted by molar-refractivity contribution is 5.56. The van der Waals surface area contributed by atoms with Crippen LogP contribution >= 0.6 is 0 Å². The van der Waals surface area contributed by atoms with Crippen molar-refractivity contribution in [2.24, 2.45) is 5.92 Å². The molecular weight excluding hydrogens is 268 g/mol. The number of rotatable bonds is 3. The van der Waals surface area contributed by atoms with E-state index in [0.717, 1.165) is 37.2 Å². The van der Waals surface area contributed by atoms with Crippen LogP contribution in [0.1, 0.15) is 38.4 Å². The van der Waals surface area contributed by atoms with E-state index in [0.29, 0.717) is 17.5 Å². The number of ether oxygens (including phenoxy) is 1. The Morgan fingerprint density at radius 3 is 2.81 bits per heavy atom. The zero-order valence-electron chi connectivity index (χ0n) is 12.4. The summed E-state index contributed by atoms with van der Waals surface area (Å²) in [7, 11) is 1.72. The van der Waals surface area contributed by atoms with E-state index in [-0.39, 0.29) is 0 Å². The lowest BCUT2D eigenvalue weighted by Crippen LogP contribution is -2.34. The summed E-state index contributed by atoms with van der Waals surface area (Å²) >= 11 is 0. The molecule has 0 atom stereocenters. The van der Waals surface area contributed by atoms with Crippen molar-refractivity contribution in [2.75, 3.05) is 12.8 Å². The van der Waals surface area contributed by atoms with E-state index in [1.807, 2.05) is 0 Å². The van der Waals surface area contributed by atoms with Crippen molar-refractivity contribution in [2.45, 2.75) is 38.2 Å². The third-order valence-electron chi connectivity index (χ3n) is 4.33. The first-order valence-electron chi connectivity index (χ1n) is 7.24. The smallest absolute Gasteiger partial charge is 0.258 e. The van der Waals surface area contributed by atoms with Crippen molar-refractivity contribution < 1.29 is 9.26 Å². The van der Waals surface area contributed by atoms with Gasteiger partial charge in [0.25, 0.3) is 5.89 Å². The maximum absolute atomic E-state index is 5.76. The Bertz CT molecular complexity index is 618. The molecule has 6 heteroatoms. The van der Waals surface area contributed by atoms with E-state index in [1.165, 1.54) is 0 Å². The van der Waals surface area contributed by atoms with E-state index in [1.54, 1.807) is 25.4 Å². The highest BCUT2D eigenvalue weighted by Gasteiger charge is 2.40. The molecule has 0 unspecified atom stereocenters. The van der Waals surface area contributed by atoms with E-state index < -0.39 is 5.60 Å². The molecule has 2 heterocycles. The van der Waals surface area contributed by atoms with Crippen LogP contribution in [0.2, 0.25) is 0 Å². The molecule has 1 aliphatic rings. The molecule has 0 aromatic carbocycles. The number of nitrogens with two attached hydrogens (primary N) is 1. The second-order valence-electron chi connectivity index (χ2n) is 5.77. The lowest BCUT2D eigenvalue weighted by atomic mass is 9.79. The Morgan fingerprint density at radius 2 is 2.14 bits per heavy atom. The van der Waals surface area contributed by atoms with Gasteiger partial charge in [-0.05, 0) is 43.7 Å². The van der Waals surface area contributed by atoms with Gasteiger partial charge in [-0.15, -0.1) is 0 Å². The summed E-state index contributed by atoms with van der Waals surface area (Å²) in [6.07, 6.45) is 5.69. The number of aromatic nitrogens is 3. The summed E-state index contributed by atoms with van der Waals surface area (Å²) in [5.74, 6) is 2.23. The van der Waals surface area contributed by atoms with Gasteiger partial charge < -0.3 is 15.0 Å². The van der Waals surface area contributed by atoms with E-state index >= 15 is 0 Å². The molecule has 6 nitrogen and oxygen atoms in total. The fourth-order valence-corrected chi connectivity index (χ4v) is 2.85. The van der Waals surface area contributed by atoms with Crippen LogP contribution in [0.25, 0.3) is 11.5 Å². The number of anilines is 1. The molecule has 0 bridgehead atoms. The molecule has 1 saturated carbocycles. The Hall–Kier alpha value is -1.95. The fraction of sp³-hybridized carbons (Fsp3) is 0.533. The second-order valence-corrected chi connectivity index (χ2v) is 5.77. The lowest BCUT2D eigenvalue weighted by molar-refractivity contribution is -0.0609. The molecular formula is C15H20N4O2. The van der Waals surface area contributed by atoms with Crippen LogP contribution in [0.4, 0.5) is 5.82 Å². The number of pyridine rings is 1. The molecule has 1 aliphatic carbocycles. The third-order valence-corrected chi connectivity index (χ3v) is 4.33. The Labute approximate surface area is 123 Å². The summed E-state index contributed by atoms with van der Waals surface area (Å²) < 4.78 is 11.2. The predicted octanol–water partition coefficient (Wildman–Crippen LogP) is 2.77. The topological polar surface area (TPSA) is 87.1 Å². The molecule has 2 aromatic heterocycles. The summed E-state index contributed by atoms with van der Waals surface area (Å²) in [4.78, 5) is 8.49. The summed E-state index contributed by atoms with van der Waals surface area (Å²) in [6.45, 7) is 2.26. The quantitative estimate of drug-likeness (QED) is 0.934. The number of methoxy groups -OCH3 is 1. The fourth-order valence-electron chi connectivity index (χ4n) is 2.85. The first-order valence-corrected chi connectivity index (χ1v) is 7.24. The number of nitrogens with zero attached hydrogens (tertiary/aromatic N) is 3. The first kappa shape index (κ1) is 14.0. The van der Waals surface area contributed by atoms with Crippen LogP contribution in [-0.2, 0) is 10.3 Å². The van der Waals surface area contributed by atoms with Gasteiger partial charge in [-0.25, -0.2) is 4.98 Å². The first-order chi connectivity index (χ1) is 10.1. The van der Waals surface area contributed by atoms with Crippen LogP contribution in [0.5, 0.6) is 0 Å². The lowest BCUT2D eigenvalue weighted by Gasteiger charge is -2.35. The summed E-state index contributed by atoms with van der Waals surface area (Å²) in [6, 6.07) is 3.52. The molecule has 3 rings (SSSR count). The van der Waals surface area contributed by atoms with E-state index in [4.69, 9.17) is 15.0 Å². The monoisotopic (exact) mass is 288 g/mol. The third kappa shape index (κ3) is 2.63. The predicted molar refractivity (Wildman–Crippen MR) is 78.3 cm³/mol. The minimum absolute atomic E-state index is 0.424. The van der Waals surface area contributed by atoms with Gasteiger partial charge in [-0.3, -0.25) is 0 Å². The molecule has 0 radical (unpaired) electrons. The molecule has 21 heavy (non-hydrogen) atoms. The standard InChI is InChI=1S/C15H20N4O2/c1-10-3-6-15(20-2,7-4-10)14-18-13(21-19-14)11-5-8-17-12(16)9-11/h5,8-10H,3-4,6-7H2,1-2H3,(H2,16,17). The van der Waals surface area contributed by atoms with Crippen LogP contribution in [-0.4, -0.2) is 22.2 Å². The van der Waals surface area contributed by atoms with Crippen molar-refractivity contribution in [1.82, 2.24) is 15.1 Å². The molecule has 0 saturated heterocycles. The number of hydrogen-bond donors (Lipinski definition) is 1. The van der Waals surface area contributed by atoms with Crippen molar-refractivity contribution in [3.63, 3.8) is 0 Å². The molecule has 0 aliphatic heterocycles. The maximum atomic E-state index is 5.76. The average molecular weight is 288 g/mol. The van der Waals surface area contributed by atoms with Crippen molar-refractivity contribution >= 4 is 5.82 Å². The van der Waals surface area contributed by atoms with Crippen LogP contribution < -0.4 is 5.73 Å². The molecule has 0 spiro atoms. The van der Waals surface area contributed by atoms with Gasteiger partial charge >= 0.3 is 0 Å².